The first-order valence-electron chi connectivity index (χ1n) is 7.50. The lowest BCUT2D eigenvalue weighted by molar-refractivity contribution is 0.806. The fourth-order valence-electron chi connectivity index (χ4n) is 2.81. The van der Waals surface area contributed by atoms with Crippen LogP contribution in [-0.4, -0.2) is 15.0 Å². The van der Waals surface area contributed by atoms with Gasteiger partial charge in [-0.3, -0.25) is 0 Å². The van der Waals surface area contributed by atoms with Crippen LogP contribution in [0, 0.1) is 6.92 Å². The molecule has 0 saturated heterocycles. The highest BCUT2D eigenvalue weighted by Gasteiger charge is 2.14. The Hall–Kier alpha value is -3.14. The summed E-state index contributed by atoms with van der Waals surface area (Å²) in [5.74, 6) is 0.551. The summed E-state index contributed by atoms with van der Waals surface area (Å²) in [7, 11) is 0. The van der Waals surface area contributed by atoms with Crippen molar-refractivity contribution in [2.45, 2.75) is 6.92 Å². The van der Waals surface area contributed by atoms with Crippen molar-refractivity contribution in [3.05, 3.63) is 72.3 Å². The van der Waals surface area contributed by atoms with Crippen LogP contribution in [-0.2, 0) is 0 Å². The zero-order valence-corrected chi connectivity index (χ0v) is 12.8. The normalized spacial score (nSPS) is 11.0. The SMILES string of the molecule is Cc1ccccc1-n1nnc(-c2ccc3ccccc3c2)c1N. The van der Waals surface area contributed by atoms with Crippen molar-refractivity contribution >= 4 is 16.6 Å². The van der Waals surface area contributed by atoms with Gasteiger partial charge in [0.2, 0.25) is 0 Å². The first kappa shape index (κ1) is 13.5. The smallest absolute Gasteiger partial charge is 0.155 e. The molecule has 0 amide bonds. The van der Waals surface area contributed by atoms with Crippen LogP contribution < -0.4 is 5.73 Å². The predicted molar refractivity (Wildman–Crippen MR) is 93.5 cm³/mol. The Morgan fingerprint density at radius 3 is 2.43 bits per heavy atom. The van der Waals surface area contributed by atoms with Crippen molar-refractivity contribution in [1.29, 1.82) is 0 Å². The highest BCUT2D eigenvalue weighted by Crippen LogP contribution is 2.28. The van der Waals surface area contributed by atoms with Gasteiger partial charge in [-0.1, -0.05) is 59.8 Å². The van der Waals surface area contributed by atoms with E-state index in [4.69, 9.17) is 5.73 Å². The molecule has 0 radical (unpaired) electrons. The molecule has 4 aromatic rings. The molecule has 2 N–H and O–H groups in total. The van der Waals surface area contributed by atoms with E-state index in [0.717, 1.165) is 22.2 Å². The lowest BCUT2D eigenvalue weighted by Crippen LogP contribution is -2.03. The number of hydrogen-bond donors (Lipinski definition) is 1. The average Bonchev–Trinajstić information content (AvgIpc) is 2.96. The molecule has 4 heteroatoms. The van der Waals surface area contributed by atoms with Crippen LogP contribution in [0.5, 0.6) is 0 Å². The number of anilines is 1. The van der Waals surface area contributed by atoms with Crippen LogP contribution in [0.15, 0.2) is 66.7 Å². The molecule has 1 aromatic heterocycles. The molecule has 0 saturated carbocycles. The number of nitrogen functional groups attached to an aromatic ring is 1. The molecule has 0 fully saturated rings. The third-order valence-electron chi connectivity index (χ3n) is 4.07. The Labute approximate surface area is 134 Å². The standard InChI is InChI=1S/C19H16N4/c1-13-6-2-5-9-17(13)23-19(20)18(21-22-23)16-11-10-14-7-3-4-8-15(14)12-16/h2-12H,20H2,1H3. The fraction of sp³-hybridized carbons (Fsp3) is 0.0526. The molecule has 23 heavy (non-hydrogen) atoms. The van der Waals surface area contributed by atoms with Gasteiger partial charge in [-0.15, -0.1) is 5.10 Å². The van der Waals surface area contributed by atoms with Crippen molar-refractivity contribution in [3.8, 4) is 16.9 Å². The quantitative estimate of drug-likeness (QED) is 0.609. The topological polar surface area (TPSA) is 56.7 Å². The third kappa shape index (κ3) is 2.25. The number of para-hydroxylation sites is 1. The van der Waals surface area contributed by atoms with Gasteiger partial charge < -0.3 is 5.73 Å². The van der Waals surface area contributed by atoms with Crippen LogP contribution in [0.4, 0.5) is 5.82 Å². The number of hydrogen-bond acceptors (Lipinski definition) is 3. The van der Waals surface area contributed by atoms with E-state index >= 15 is 0 Å². The molecule has 4 nitrogen and oxygen atoms in total. The summed E-state index contributed by atoms with van der Waals surface area (Å²) in [4.78, 5) is 0. The van der Waals surface area contributed by atoms with Crippen molar-refractivity contribution < 1.29 is 0 Å². The molecule has 0 unspecified atom stereocenters. The van der Waals surface area contributed by atoms with E-state index in [1.54, 1.807) is 4.68 Å². The molecule has 0 atom stereocenters. The highest BCUT2D eigenvalue weighted by atomic mass is 15.5. The first-order chi connectivity index (χ1) is 11.2. The van der Waals surface area contributed by atoms with Crippen LogP contribution in [0.1, 0.15) is 5.56 Å². The number of aryl methyl sites for hydroxylation is 1. The van der Waals surface area contributed by atoms with Crippen molar-refractivity contribution in [2.75, 3.05) is 5.73 Å². The Balaban J connectivity index is 1.85. The lowest BCUT2D eigenvalue weighted by Gasteiger charge is -2.07. The van der Waals surface area contributed by atoms with E-state index < -0.39 is 0 Å². The minimum atomic E-state index is 0.551. The second-order valence-electron chi connectivity index (χ2n) is 5.58. The molecule has 0 aliphatic heterocycles. The third-order valence-corrected chi connectivity index (χ3v) is 4.07. The Bertz CT molecular complexity index is 1000. The van der Waals surface area contributed by atoms with Crippen molar-refractivity contribution in [3.63, 3.8) is 0 Å². The van der Waals surface area contributed by atoms with Gasteiger partial charge in [-0.2, -0.15) is 4.68 Å². The van der Waals surface area contributed by atoms with Gasteiger partial charge in [0.1, 0.15) is 5.69 Å². The van der Waals surface area contributed by atoms with E-state index in [2.05, 4.69) is 34.6 Å². The van der Waals surface area contributed by atoms with Gasteiger partial charge in [0.25, 0.3) is 0 Å². The zero-order chi connectivity index (χ0) is 15.8. The fourth-order valence-corrected chi connectivity index (χ4v) is 2.81. The number of aromatic nitrogens is 3. The Morgan fingerprint density at radius 1 is 0.870 bits per heavy atom. The summed E-state index contributed by atoms with van der Waals surface area (Å²) in [5, 5.41) is 10.9. The lowest BCUT2D eigenvalue weighted by atomic mass is 10.1. The van der Waals surface area contributed by atoms with Crippen molar-refractivity contribution in [1.82, 2.24) is 15.0 Å². The van der Waals surface area contributed by atoms with Crippen LogP contribution >= 0.6 is 0 Å². The van der Waals surface area contributed by atoms with Crippen LogP contribution in [0.25, 0.3) is 27.7 Å². The van der Waals surface area contributed by atoms with E-state index in [1.165, 1.54) is 5.39 Å². The summed E-state index contributed by atoms with van der Waals surface area (Å²) in [6.45, 7) is 2.03. The summed E-state index contributed by atoms with van der Waals surface area (Å²) in [5.41, 5.74) is 10.1. The van der Waals surface area contributed by atoms with Gasteiger partial charge in [0.15, 0.2) is 5.82 Å². The molecule has 0 aliphatic carbocycles. The van der Waals surface area contributed by atoms with Gasteiger partial charge in [0, 0.05) is 5.56 Å². The molecule has 0 bridgehead atoms. The maximum atomic E-state index is 6.32. The monoisotopic (exact) mass is 300 g/mol. The van der Waals surface area contributed by atoms with Gasteiger partial charge >= 0.3 is 0 Å². The van der Waals surface area contributed by atoms with E-state index in [0.29, 0.717) is 11.5 Å². The molecular formula is C19H16N4. The van der Waals surface area contributed by atoms with E-state index in [1.807, 2.05) is 49.4 Å². The highest BCUT2D eigenvalue weighted by molar-refractivity contribution is 5.88. The average molecular weight is 300 g/mol. The summed E-state index contributed by atoms with van der Waals surface area (Å²) in [6.07, 6.45) is 0. The maximum Gasteiger partial charge on any atom is 0.155 e. The largest absolute Gasteiger partial charge is 0.382 e. The molecular weight excluding hydrogens is 284 g/mol. The minimum absolute atomic E-state index is 0.551. The molecule has 4 rings (SSSR count). The number of nitrogens with two attached hydrogens (primary N) is 1. The second-order valence-corrected chi connectivity index (χ2v) is 5.58. The predicted octanol–water partition coefficient (Wildman–Crippen LogP) is 3.98. The van der Waals surface area contributed by atoms with Gasteiger partial charge in [-0.05, 0) is 35.4 Å². The zero-order valence-electron chi connectivity index (χ0n) is 12.8. The molecule has 112 valence electrons. The molecule has 0 aliphatic rings. The van der Waals surface area contributed by atoms with Gasteiger partial charge in [-0.25, -0.2) is 0 Å². The Kier molecular flexibility index (Phi) is 3.08. The van der Waals surface area contributed by atoms with E-state index in [-0.39, 0.29) is 0 Å². The molecule has 3 aromatic carbocycles. The van der Waals surface area contributed by atoms with Crippen molar-refractivity contribution in [2.24, 2.45) is 0 Å². The van der Waals surface area contributed by atoms with E-state index in [9.17, 15) is 0 Å². The van der Waals surface area contributed by atoms with Crippen LogP contribution in [0.3, 0.4) is 0 Å². The summed E-state index contributed by atoms with van der Waals surface area (Å²) < 4.78 is 1.69. The summed E-state index contributed by atoms with van der Waals surface area (Å²) in [6, 6.07) is 22.4. The Morgan fingerprint density at radius 2 is 1.61 bits per heavy atom. The number of rotatable bonds is 2. The number of benzene rings is 3. The first-order valence-corrected chi connectivity index (χ1v) is 7.50. The maximum absolute atomic E-state index is 6.32. The van der Waals surface area contributed by atoms with Crippen LogP contribution in [0.2, 0.25) is 0 Å². The minimum Gasteiger partial charge on any atom is -0.382 e. The summed E-state index contributed by atoms with van der Waals surface area (Å²) >= 11 is 0. The van der Waals surface area contributed by atoms with Gasteiger partial charge in [0.05, 0.1) is 5.69 Å². The molecule has 0 spiro atoms. The number of nitrogens with zero attached hydrogens (tertiary/aromatic N) is 3. The second kappa shape index (κ2) is 5.25. The number of fused-ring (bicyclic) bond motifs is 1. The molecule has 1 heterocycles.